The zero-order valence-electron chi connectivity index (χ0n) is 13.7. The minimum absolute atomic E-state index is 0.268. The lowest BCUT2D eigenvalue weighted by Crippen LogP contribution is -2.36. The molecule has 1 aliphatic heterocycles. The van der Waals surface area contributed by atoms with Crippen LogP contribution in [0, 0.1) is 5.82 Å². The highest BCUT2D eigenvalue weighted by Gasteiger charge is 2.18. The molecule has 1 aliphatic rings. The van der Waals surface area contributed by atoms with E-state index in [4.69, 9.17) is 4.74 Å². The first-order valence-electron chi connectivity index (χ1n) is 8.44. The molecule has 1 unspecified atom stereocenters. The average Bonchev–Trinajstić information content (AvgIpc) is 2.57. The van der Waals surface area contributed by atoms with Gasteiger partial charge in [0.1, 0.15) is 5.75 Å². The minimum atomic E-state index is -0.336. The first-order valence-corrected chi connectivity index (χ1v) is 8.44. The molecule has 1 fully saturated rings. The van der Waals surface area contributed by atoms with Crippen LogP contribution >= 0.6 is 0 Å². The maximum absolute atomic E-state index is 13.6. The van der Waals surface area contributed by atoms with Crippen LogP contribution in [0.25, 0.3) is 0 Å². The number of rotatable bonds is 5. The predicted molar refractivity (Wildman–Crippen MR) is 91.5 cm³/mol. The van der Waals surface area contributed by atoms with Crippen molar-refractivity contribution in [3.8, 4) is 11.5 Å². The van der Waals surface area contributed by atoms with E-state index in [-0.39, 0.29) is 11.6 Å². The Labute approximate surface area is 137 Å². The molecule has 122 valence electrons. The van der Waals surface area contributed by atoms with E-state index < -0.39 is 0 Å². The van der Waals surface area contributed by atoms with E-state index in [1.165, 1.54) is 43.9 Å². The third-order valence-corrected chi connectivity index (χ3v) is 4.68. The number of benzene rings is 2. The van der Waals surface area contributed by atoms with Crippen molar-refractivity contribution in [3.63, 3.8) is 0 Å². The topological polar surface area (TPSA) is 12.5 Å². The summed E-state index contributed by atoms with van der Waals surface area (Å²) in [6.45, 7) is 1.22. The van der Waals surface area contributed by atoms with Gasteiger partial charge in [0.15, 0.2) is 11.6 Å². The van der Waals surface area contributed by atoms with Gasteiger partial charge < -0.3 is 9.64 Å². The van der Waals surface area contributed by atoms with Crippen molar-refractivity contribution in [1.29, 1.82) is 0 Å². The number of aryl methyl sites for hydroxylation is 1. The molecule has 0 bridgehead atoms. The molecule has 0 aromatic heterocycles. The molecule has 23 heavy (non-hydrogen) atoms. The third kappa shape index (κ3) is 4.32. The molecule has 1 heterocycles. The Balaban J connectivity index is 1.56. The first-order chi connectivity index (χ1) is 11.2. The van der Waals surface area contributed by atoms with Crippen LogP contribution in [0.3, 0.4) is 0 Å². The summed E-state index contributed by atoms with van der Waals surface area (Å²) in [5.41, 5.74) is 1.31. The monoisotopic (exact) mass is 313 g/mol. The van der Waals surface area contributed by atoms with E-state index in [0.717, 1.165) is 6.42 Å². The summed E-state index contributed by atoms with van der Waals surface area (Å²) >= 11 is 0. The van der Waals surface area contributed by atoms with Crippen molar-refractivity contribution in [1.82, 2.24) is 4.90 Å². The summed E-state index contributed by atoms with van der Waals surface area (Å²) in [7, 11) is 2.23. The fourth-order valence-electron chi connectivity index (χ4n) is 3.22. The predicted octanol–water partition coefficient (Wildman–Crippen LogP) is 5.03. The number of hydrogen-bond acceptors (Lipinski definition) is 2. The van der Waals surface area contributed by atoms with Crippen molar-refractivity contribution in [2.75, 3.05) is 13.6 Å². The molecule has 0 spiro atoms. The summed E-state index contributed by atoms with van der Waals surface area (Å²) in [5.74, 6) is 0.606. The number of nitrogens with zero attached hydrogens (tertiary/aromatic N) is 1. The van der Waals surface area contributed by atoms with Gasteiger partial charge in [-0.1, -0.05) is 30.7 Å². The van der Waals surface area contributed by atoms with Crippen LogP contribution < -0.4 is 4.74 Å². The zero-order valence-corrected chi connectivity index (χ0v) is 13.7. The zero-order chi connectivity index (χ0) is 16.1. The highest BCUT2D eigenvalue weighted by atomic mass is 19.1. The Bertz CT molecular complexity index is 626. The number of para-hydroxylation sites is 1. The molecular weight excluding hydrogens is 289 g/mol. The van der Waals surface area contributed by atoms with E-state index in [9.17, 15) is 4.39 Å². The SMILES string of the molecule is CN1CCCCC1CCc1ccc(Oc2ccccc2F)cc1. The molecule has 1 saturated heterocycles. The summed E-state index contributed by atoms with van der Waals surface area (Å²) in [5, 5.41) is 0. The number of ether oxygens (including phenoxy) is 1. The summed E-state index contributed by atoms with van der Waals surface area (Å²) in [6.07, 6.45) is 6.27. The second kappa shape index (κ2) is 7.60. The van der Waals surface area contributed by atoms with E-state index in [1.807, 2.05) is 12.1 Å². The Morgan fingerprint density at radius 1 is 1.09 bits per heavy atom. The Hall–Kier alpha value is -1.87. The quantitative estimate of drug-likeness (QED) is 0.767. The molecule has 0 radical (unpaired) electrons. The van der Waals surface area contributed by atoms with Gasteiger partial charge >= 0.3 is 0 Å². The summed E-state index contributed by atoms with van der Waals surface area (Å²) < 4.78 is 19.2. The Morgan fingerprint density at radius 2 is 1.87 bits per heavy atom. The van der Waals surface area contributed by atoms with Gasteiger partial charge in [0.25, 0.3) is 0 Å². The van der Waals surface area contributed by atoms with Crippen molar-refractivity contribution < 1.29 is 9.13 Å². The fraction of sp³-hybridized carbons (Fsp3) is 0.400. The molecule has 2 nitrogen and oxygen atoms in total. The maximum Gasteiger partial charge on any atom is 0.165 e. The highest BCUT2D eigenvalue weighted by molar-refractivity contribution is 5.33. The van der Waals surface area contributed by atoms with E-state index in [0.29, 0.717) is 11.8 Å². The lowest BCUT2D eigenvalue weighted by molar-refractivity contribution is 0.176. The molecule has 3 rings (SSSR count). The van der Waals surface area contributed by atoms with Crippen molar-refractivity contribution in [2.24, 2.45) is 0 Å². The minimum Gasteiger partial charge on any atom is -0.454 e. The van der Waals surface area contributed by atoms with Crippen LogP contribution in [0.5, 0.6) is 11.5 Å². The van der Waals surface area contributed by atoms with E-state index >= 15 is 0 Å². The molecule has 2 aromatic carbocycles. The number of piperidine rings is 1. The molecule has 0 saturated carbocycles. The lowest BCUT2D eigenvalue weighted by Gasteiger charge is -2.32. The second-order valence-corrected chi connectivity index (χ2v) is 6.35. The maximum atomic E-state index is 13.6. The van der Waals surface area contributed by atoms with Gasteiger partial charge in [-0.2, -0.15) is 0 Å². The van der Waals surface area contributed by atoms with Crippen LogP contribution in [-0.4, -0.2) is 24.5 Å². The third-order valence-electron chi connectivity index (χ3n) is 4.68. The standard InChI is InChI=1S/C20H24FNO/c1-22-15-5-4-6-17(22)12-9-16-10-13-18(14-11-16)23-20-8-3-2-7-19(20)21/h2-3,7-8,10-11,13-14,17H,4-6,9,12,15H2,1H3. The molecule has 1 atom stereocenters. The largest absolute Gasteiger partial charge is 0.454 e. The van der Waals surface area contributed by atoms with E-state index in [2.05, 4.69) is 24.1 Å². The van der Waals surface area contributed by atoms with Gasteiger partial charge in [-0.3, -0.25) is 0 Å². The van der Waals surface area contributed by atoms with Crippen molar-refractivity contribution >= 4 is 0 Å². The lowest BCUT2D eigenvalue weighted by atomic mass is 9.96. The Kier molecular flexibility index (Phi) is 5.29. The summed E-state index contributed by atoms with van der Waals surface area (Å²) in [6, 6.07) is 15.2. The molecule has 3 heteroatoms. The molecular formula is C20H24FNO. The van der Waals surface area contributed by atoms with Crippen LogP contribution in [0.4, 0.5) is 4.39 Å². The highest BCUT2D eigenvalue weighted by Crippen LogP contribution is 2.25. The van der Waals surface area contributed by atoms with Crippen molar-refractivity contribution in [2.45, 2.75) is 38.1 Å². The van der Waals surface area contributed by atoms with Crippen LogP contribution in [0.1, 0.15) is 31.2 Å². The van der Waals surface area contributed by atoms with Crippen LogP contribution in [0.15, 0.2) is 48.5 Å². The van der Waals surface area contributed by atoms with Gasteiger partial charge in [-0.25, -0.2) is 4.39 Å². The fourth-order valence-corrected chi connectivity index (χ4v) is 3.22. The molecule has 0 aliphatic carbocycles. The van der Waals surface area contributed by atoms with Crippen molar-refractivity contribution in [3.05, 3.63) is 59.9 Å². The Morgan fingerprint density at radius 3 is 2.61 bits per heavy atom. The first kappa shape index (κ1) is 16.0. The number of hydrogen-bond donors (Lipinski definition) is 0. The van der Waals surface area contributed by atoms with Gasteiger partial charge in [0, 0.05) is 6.04 Å². The van der Waals surface area contributed by atoms with Gasteiger partial charge in [-0.05, 0) is 69.1 Å². The molecule has 2 aromatic rings. The van der Waals surface area contributed by atoms with Crippen LogP contribution in [0.2, 0.25) is 0 Å². The van der Waals surface area contributed by atoms with Gasteiger partial charge in [0.2, 0.25) is 0 Å². The summed E-state index contributed by atoms with van der Waals surface area (Å²) in [4.78, 5) is 2.49. The second-order valence-electron chi connectivity index (χ2n) is 6.35. The average molecular weight is 313 g/mol. The van der Waals surface area contributed by atoms with Gasteiger partial charge in [-0.15, -0.1) is 0 Å². The van der Waals surface area contributed by atoms with E-state index in [1.54, 1.807) is 18.2 Å². The van der Waals surface area contributed by atoms with Crippen LogP contribution in [-0.2, 0) is 6.42 Å². The van der Waals surface area contributed by atoms with Gasteiger partial charge in [0.05, 0.1) is 0 Å². The smallest absolute Gasteiger partial charge is 0.165 e. The molecule has 0 amide bonds. The molecule has 0 N–H and O–H groups in total. The number of halogens is 1. The number of likely N-dealkylation sites (tertiary alicyclic amines) is 1. The normalized spacial score (nSPS) is 18.8.